The van der Waals surface area contributed by atoms with Gasteiger partial charge in [-0.05, 0) is 54.2 Å². The highest BCUT2D eigenvalue weighted by Gasteiger charge is 2.25. The fourth-order valence-corrected chi connectivity index (χ4v) is 2.36. The standard InChI is InChI=1S/C14H18N8O/c23-14(16-12-6-5-11(17-18-12)10-3-4-10)15-7-13-19-20-21-22(13)8-9-1-2-9/h5-6,9-10H,1-4,7-8H2,(H2,15,16,18,23). The summed E-state index contributed by atoms with van der Waals surface area (Å²) in [6.07, 6.45) is 4.81. The highest BCUT2D eigenvalue weighted by molar-refractivity contribution is 5.87. The van der Waals surface area contributed by atoms with Crippen LogP contribution < -0.4 is 10.6 Å². The van der Waals surface area contributed by atoms with E-state index >= 15 is 0 Å². The van der Waals surface area contributed by atoms with Crippen molar-refractivity contribution < 1.29 is 4.79 Å². The van der Waals surface area contributed by atoms with Crippen LogP contribution in [0.15, 0.2) is 12.1 Å². The summed E-state index contributed by atoms with van der Waals surface area (Å²) in [6.45, 7) is 1.10. The van der Waals surface area contributed by atoms with Crippen LogP contribution in [0.3, 0.4) is 0 Å². The summed E-state index contributed by atoms with van der Waals surface area (Å²) in [7, 11) is 0. The lowest BCUT2D eigenvalue weighted by Gasteiger charge is -2.07. The molecular formula is C14H18N8O. The summed E-state index contributed by atoms with van der Waals surface area (Å²) in [5, 5.41) is 25.1. The third-order valence-corrected chi connectivity index (χ3v) is 4.06. The second kappa shape index (κ2) is 5.90. The molecule has 0 unspecified atom stereocenters. The molecule has 9 heteroatoms. The summed E-state index contributed by atoms with van der Waals surface area (Å²) in [4.78, 5) is 11.9. The van der Waals surface area contributed by atoms with Gasteiger partial charge in [-0.25, -0.2) is 9.48 Å². The number of tetrazole rings is 1. The molecule has 2 aliphatic carbocycles. The average molecular weight is 314 g/mol. The van der Waals surface area contributed by atoms with Crippen molar-refractivity contribution in [2.45, 2.75) is 44.7 Å². The zero-order valence-electron chi connectivity index (χ0n) is 12.6. The lowest BCUT2D eigenvalue weighted by Crippen LogP contribution is -2.30. The molecule has 0 radical (unpaired) electrons. The summed E-state index contributed by atoms with van der Waals surface area (Å²) in [6, 6.07) is 3.34. The van der Waals surface area contributed by atoms with Crippen molar-refractivity contribution in [3.05, 3.63) is 23.7 Å². The average Bonchev–Trinajstić information content (AvgIpc) is 3.46. The topological polar surface area (TPSA) is 111 Å². The molecule has 2 heterocycles. The van der Waals surface area contributed by atoms with Gasteiger partial charge in [0.25, 0.3) is 0 Å². The number of aromatic nitrogens is 6. The first-order chi connectivity index (χ1) is 11.3. The number of nitrogens with zero attached hydrogens (tertiary/aromatic N) is 6. The molecule has 2 saturated carbocycles. The molecule has 2 aliphatic rings. The van der Waals surface area contributed by atoms with Crippen molar-refractivity contribution >= 4 is 11.8 Å². The molecule has 2 N–H and O–H groups in total. The molecule has 2 fully saturated rings. The van der Waals surface area contributed by atoms with Crippen molar-refractivity contribution in [3.63, 3.8) is 0 Å². The quantitative estimate of drug-likeness (QED) is 0.825. The van der Waals surface area contributed by atoms with Gasteiger partial charge in [0.1, 0.15) is 0 Å². The van der Waals surface area contributed by atoms with Crippen LogP contribution in [0.25, 0.3) is 0 Å². The van der Waals surface area contributed by atoms with Crippen LogP contribution in [0.5, 0.6) is 0 Å². The Balaban J connectivity index is 1.28. The summed E-state index contributed by atoms with van der Waals surface area (Å²) >= 11 is 0. The Kier molecular flexibility index (Phi) is 3.60. The van der Waals surface area contributed by atoms with Crippen LogP contribution in [-0.4, -0.2) is 36.4 Å². The first-order valence-corrected chi connectivity index (χ1v) is 7.91. The van der Waals surface area contributed by atoms with E-state index in [1.54, 1.807) is 10.7 Å². The molecule has 4 rings (SSSR count). The van der Waals surface area contributed by atoms with Crippen LogP contribution in [0.2, 0.25) is 0 Å². The van der Waals surface area contributed by atoms with Crippen LogP contribution in [0.4, 0.5) is 10.6 Å². The number of nitrogens with one attached hydrogen (secondary N) is 2. The Bertz CT molecular complexity index is 689. The second-order valence-electron chi connectivity index (χ2n) is 6.15. The van der Waals surface area contributed by atoms with Crippen molar-refractivity contribution in [2.75, 3.05) is 5.32 Å². The van der Waals surface area contributed by atoms with Gasteiger partial charge in [-0.2, -0.15) is 5.10 Å². The van der Waals surface area contributed by atoms with Crippen LogP contribution in [-0.2, 0) is 13.1 Å². The molecule has 2 aromatic rings. The highest BCUT2D eigenvalue weighted by Crippen LogP contribution is 2.38. The Morgan fingerprint density at radius 3 is 2.74 bits per heavy atom. The molecule has 2 amide bonds. The van der Waals surface area contributed by atoms with E-state index in [0.29, 0.717) is 23.5 Å². The Hall–Kier alpha value is -2.58. The monoisotopic (exact) mass is 314 g/mol. The van der Waals surface area contributed by atoms with E-state index in [4.69, 9.17) is 0 Å². The van der Waals surface area contributed by atoms with E-state index in [9.17, 15) is 4.79 Å². The molecule has 9 nitrogen and oxygen atoms in total. The molecule has 0 aromatic carbocycles. The maximum absolute atomic E-state index is 11.9. The number of urea groups is 1. The lowest BCUT2D eigenvalue weighted by molar-refractivity contribution is 0.251. The van der Waals surface area contributed by atoms with Crippen molar-refractivity contribution in [3.8, 4) is 0 Å². The smallest absolute Gasteiger partial charge is 0.320 e. The second-order valence-corrected chi connectivity index (χ2v) is 6.15. The fourth-order valence-electron chi connectivity index (χ4n) is 2.36. The van der Waals surface area contributed by atoms with Crippen LogP contribution in [0, 0.1) is 5.92 Å². The van der Waals surface area contributed by atoms with Gasteiger partial charge in [0.15, 0.2) is 11.6 Å². The largest absolute Gasteiger partial charge is 0.330 e. The van der Waals surface area contributed by atoms with E-state index in [1.165, 1.54) is 25.7 Å². The van der Waals surface area contributed by atoms with Gasteiger partial charge in [-0.1, -0.05) is 0 Å². The van der Waals surface area contributed by atoms with Gasteiger partial charge in [0.05, 0.1) is 12.2 Å². The van der Waals surface area contributed by atoms with Crippen molar-refractivity contribution in [2.24, 2.45) is 5.92 Å². The van der Waals surface area contributed by atoms with E-state index < -0.39 is 0 Å². The minimum atomic E-state index is -0.348. The number of rotatable bonds is 6. The predicted octanol–water partition coefficient (Wildman–Crippen LogP) is 1.07. The summed E-state index contributed by atoms with van der Waals surface area (Å²) in [5.41, 5.74) is 0.996. The zero-order valence-corrected chi connectivity index (χ0v) is 12.6. The molecular weight excluding hydrogens is 296 g/mol. The molecule has 2 aromatic heterocycles. The molecule has 0 atom stereocenters. The normalized spacial score (nSPS) is 17.0. The van der Waals surface area contributed by atoms with Crippen molar-refractivity contribution in [1.29, 1.82) is 0 Å². The molecule has 0 bridgehead atoms. The third kappa shape index (κ3) is 3.61. The molecule has 0 saturated heterocycles. The van der Waals surface area contributed by atoms with Crippen LogP contribution in [0.1, 0.15) is 43.1 Å². The fraction of sp³-hybridized carbons (Fsp3) is 0.571. The van der Waals surface area contributed by atoms with E-state index in [1.807, 2.05) is 6.07 Å². The zero-order chi connectivity index (χ0) is 15.6. The lowest BCUT2D eigenvalue weighted by atomic mass is 10.3. The van der Waals surface area contributed by atoms with Gasteiger partial charge < -0.3 is 5.32 Å². The van der Waals surface area contributed by atoms with Gasteiger partial charge in [0, 0.05) is 12.5 Å². The maximum atomic E-state index is 11.9. The minimum absolute atomic E-state index is 0.277. The number of amides is 2. The number of hydrogen-bond acceptors (Lipinski definition) is 6. The van der Waals surface area contributed by atoms with E-state index in [0.717, 1.165) is 12.2 Å². The minimum Gasteiger partial charge on any atom is -0.330 e. The molecule has 120 valence electrons. The highest BCUT2D eigenvalue weighted by atomic mass is 16.2. The van der Waals surface area contributed by atoms with Crippen molar-refractivity contribution in [1.82, 2.24) is 35.7 Å². The van der Waals surface area contributed by atoms with Gasteiger partial charge in [-0.15, -0.1) is 10.2 Å². The summed E-state index contributed by atoms with van der Waals surface area (Å²) < 4.78 is 1.75. The first kappa shape index (κ1) is 14.0. The number of carbonyl (C=O) groups is 1. The Morgan fingerprint density at radius 1 is 1.17 bits per heavy atom. The summed E-state index contributed by atoms with van der Waals surface area (Å²) in [5.74, 6) is 2.31. The van der Waals surface area contributed by atoms with Crippen LogP contribution >= 0.6 is 0 Å². The van der Waals surface area contributed by atoms with Gasteiger partial charge in [0.2, 0.25) is 0 Å². The first-order valence-electron chi connectivity index (χ1n) is 7.91. The predicted molar refractivity (Wildman–Crippen MR) is 80.4 cm³/mol. The van der Waals surface area contributed by atoms with Gasteiger partial charge in [-0.3, -0.25) is 5.32 Å². The molecule has 0 aliphatic heterocycles. The maximum Gasteiger partial charge on any atom is 0.320 e. The number of anilines is 1. The number of carbonyl (C=O) groups excluding carboxylic acids is 1. The number of hydrogen-bond donors (Lipinski definition) is 2. The Morgan fingerprint density at radius 2 is 2.04 bits per heavy atom. The Labute approximate surface area is 132 Å². The van der Waals surface area contributed by atoms with Gasteiger partial charge >= 0.3 is 6.03 Å². The SMILES string of the molecule is O=C(NCc1nnnn1CC1CC1)Nc1ccc(C2CC2)nn1. The van der Waals surface area contributed by atoms with E-state index in [2.05, 4.69) is 36.4 Å². The molecule has 23 heavy (non-hydrogen) atoms. The molecule has 0 spiro atoms. The van der Waals surface area contributed by atoms with E-state index in [-0.39, 0.29) is 12.6 Å². The third-order valence-electron chi connectivity index (χ3n) is 4.06.